The Labute approximate surface area is 147 Å². The summed E-state index contributed by atoms with van der Waals surface area (Å²) in [5.41, 5.74) is 2.14. The molecular formula is C20H22FN3O. The van der Waals surface area contributed by atoms with Crippen LogP contribution < -0.4 is 5.32 Å². The van der Waals surface area contributed by atoms with Crippen LogP contribution in [0, 0.1) is 5.82 Å². The molecule has 2 fully saturated rings. The Balaban J connectivity index is 1.42. The van der Waals surface area contributed by atoms with Gasteiger partial charge >= 0.3 is 0 Å². The first-order chi connectivity index (χ1) is 12.1. The molecule has 5 heteroatoms. The van der Waals surface area contributed by atoms with Gasteiger partial charge in [0.1, 0.15) is 5.82 Å². The first-order valence-corrected chi connectivity index (χ1v) is 8.79. The molecule has 4 nitrogen and oxygen atoms in total. The fourth-order valence-electron chi connectivity index (χ4n) is 4.12. The molecule has 1 aliphatic carbocycles. The lowest BCUT2D eigenvalue weighted by atomic mass is 9.75. The van der Waals surface area contributed by atoms with E-state index >= 15 is 0 Å². The number of nitrogens with zero attached hydrogens (tertiary/aromatic N) is 2. The number of carbonyl (C=O) groups is 1. The topological polar surface area (TPSA) is 45.2 Å². The van der Waals surface area contributed by atoms with E-state index in [-0.39, 0.29) is 23.8 Å². The number of likely N-dealkylation sites (N-methyl/N-ethyl adjacent to an activating group) is 1. The molecule has 0 radical (unpaired) electrons. The summed E-state index contributed by atoms with van der Waals surface area (Å²) in [5.74, 6) is 0.390. The number of benzene rings is 1. The maximum atomic E-state index is 13.4. The van der Waals surface area contributed by atoms with Crippen molar-refractivity contribution in [1.82, 2.24) is 15.2 Å². The third-order valence-electron chi connectivity index (χ3n) is 5.52. The zero-order valence-electron chi connectivity index (χ0n) is 14.2. The van der Waals surface area contributed by atoms with E-state index in [9.17, 15) is 9.18 Å². The van der Waals surface area contributed by atoms with Crippen LogP contribution in [0.5, 0.6) is 0 Å². The highest BCUT2D eigenvalue weighted by Gasteiger charge is 2.41. The number of aromatic nitrogens is 1. The van der Waals surface area contributed by atoms with Gasteiger partial charge in [-0.05, 0) is 48.1 Å². The Hall–Kier alpha value is -2.27. The predicted octanol–water partition coefficient (Wildman–Crippen LogP) is 3.03. The summed E-state index contributed by atoms with van der Waals surface area (Å²) in [7, 11) is 1.86. The highest BCUT2D eigenvalue weighted by molar-refractivity contribution is 5.80. The Morgan fingerprint density at radius 1 is 1.20 bits per heavy atom. The van der Waals surface area contributed by atoms with Crippen LogP contribution in [-0.4, -0.2) is 34.9 Å². The molecular weight excluding hydrogens is 317 g/mol. The van der Waals surface area contributed by atoms with Crippen LogP contribution in [0.15, 0.2) is 48.8 Å². The number of amides is 1. The highest BCUT2D eigenvalue weighted by Crippen LogP contribution is 2.39. The van der Waals surface area contributed by atoms with Crippen molar-refractivity contribution in [1.29, 1.82) is 0 Å². The number of hydrogen-bond acceptors (Lipinski definition) is 3. The second kappa shape index (κ2) is 6.56. The van der Waals surface area contributed by atoms with Gasteiger partial charge in [-0.3, -0.25) is 9.78 Å². The van der Waals surface area contributed by atoms with Gasteiger partial charge < -0.3 is 10.2 Å². The van der Waals surface area contributed by atoms with Gasteiger partial charge in [0.05, 0.1) is 6.04 Å². The van der Waals surface area contributed by atoms with Crippen LogP contribution in [0.25, 0.3) is 0 Å². The molecule has 1 amide bonds. The van der Waals surface area contributed by atoms with E-state index in [2.05, 4.69) is 10.3 Å². The van der Waals surface area contributed by atoms with Crippen molar-refractivity contribution in [3.63, 3.8) is 0 Å². The van der Waals surface area contributed by atoms with E-state index in [4.69, 9.17) is 0 Å². The monoisotopic (exact) mass is 339 g/mol. The number of halogens is 1. The third kappa shape index (κ3) is 3.16. The average molecular weight is 339 g/mol. The second-order valence-electron chi connectivity index (χ2n) is 7.13. The molecule has 2 atom stereocenters. The predicted molar refractivity (Wildman–Crippen MR) is 93.5 cm³/mol. The first-order valence-electron chi connectivity index (χ1n) is 8.79. The second-order valence-corrected chi connectivity index (χ2v) is 7.13. The van der Waals surface area contributed by atoms with Gasteiger partial charge in [-0.2, -0.15) is 0 Å². The van der Waals surface area contributed by atoms with Crippen molar-refractivity contribution < 1.29 is 9.18 Å². The summed E-state index contributed by atoms with van der Waals surface area (Å²) in [6, 6.07) is 11.3. The molecule has 1 aromatic carbocycles. The van der Waals surface area contributed by atoms with Crippen LogP contribution >= 0.6 is 0 Å². The van der Waals surface area contributed by atoms with Crippen LogP contribution in [-0.2, 0) is 4.79 Å². The molecule has 4 rings (SSSR count). The van der Waals surface area contributed by atoms with Gasteiger partial charge in [-0.25, -0.2) is 4.39 Å². The molecule has 0 bridgehead atoms. The number of carbonyl (C=O) groups excluding carboxylic acids is 1. The molecule has 25 heavy (non-hydrogen) atoms. The zero-order valence-corrected chi connectivity index (χ0v) is 14.2. The lowest BCUT2D eigenvalue weighted by Gasteiger charge is -2.39. The van der Waals surface area contributed by atoms with E-state index in [0.29, 0.717) is 18.4 Å². The number of rotatable bonds is 4. The minimum atomic E-state index is -0.173. The van der Waals surface area contributed by atoms with Crippen molar-refractivity contribution in [2.75, 3.05) is 7.05 Å². The van der Waals surface area contributed by atoms with E-state index in [0.717, 1.165) is 24.0 Å². The SMILES string of the molecule is CN1C(=O)C[C@@H](NC2CC(c3cccc(F)c3)C2)[C@@H]1c1cccnc1. The quantitative estimate of drug-likeness (QED) is 0.931. The summed E-state index contributed by atoms with van der Waals surface area (Å²) >= 11 is 0. The molecule has 2 aliphatic rings. The third-order valence-corrected chi connectivity index (χ3v) is 5.52. The maximum absolute atomic E-state index is 13.4. The summed E-state index contributed by atoms with van der Waals surface area (Å²) in [4.78, 5) is 18.2. The van der Waals surface area contributed by atoms with E-state index < -0.39 is 0 Å². The standard InChI is InChI=1S/C20H22FN3O/c1-24-19(25)11-18(20(24)14-5-3-7-22-12-14)23-17-9-15(10-17)13-4-2-6-16(21)8-13/h2-8,12,15,17-18,20,23H,9-11H2,1H3/t15?,17?,18-,20+/m1/s1. The number of pyridine rings is 1. The van der Waals surface area contributed by atoms with Gasteiger partial charge in [0.25, 0.3) is 0 Å². The van der Waals surface area contributed by atoms with E-state index in [1.807, 2.05) is 36.3 Å². The molecule has 2 heterocycles. The molecule has 0 unspecified atom stereocenters. The smallest absolute Gasteiger partial charge is 0.224 e. The van der Waals surface area contributed by atoms with Gasteiger partial charge in [0.15, 0.2) is 0 Å². The van der Waals surface area contributed by atoms with Crippen molar-refractivity contribution >= 4 is 5.91 Å². The molecule has 1 N–H and O–H groups in total. The summed E-state index contributed by atoms with van der Waals surface area (Å²) in [6.07, 6.45) is 6.06. The van der Waals surface area contributed by atoms with E-state index in [1.54, 1.807) is 18.3 Å². The maximum Gasteiger partial charge on any atom is 0.224 e. The van der Waals surface area contributed by atoms with Crippen molar-refractivity contribution in [3.05, 3.63) is 65.7 Å². The van der Waals surface area contributed by atoms with Crippen LogP contribution in [0.3, 0.4) is 0 Å². The lowest BCUT2D eigenvalue weighted by Crippen LogP contribution is -2.47. The molecule has 1 aliphatic heterocycles. The van der Waals surface area contributed by atoms with Crippen LogP contribution in [0.4, 0.5) is 4.39 Å². The average Bonchev–Trinajstić information content (AvgIpc) is 2.85. The normalized spacial score (nSPS) is 28.9. The number of hydrogen-bond donors (Lipinski definition) is 1. The van der Waals surface area contributed by atoms with Crippen LogP contribution in [0.1, 0.15) is 42.3 Å². The minimum Gasteiger partial charge on any atom is -0.337 e. The molecule has 130 valence electrons. The molecule has 1 saturated carbocycles. The van der Waals surface area contributed by atoms with E-state index in [1.165, 1.54) is 6.07 Å². The molecule has 2 aromatic rings. The van der Waals surface area contributed by atoms with Gasteiger partial charge in [-0.15, -0.1) is 0 Å². The molecule has 0 spiro atoms. The highest BCUT2D eigenvalue weighted by atomic mass is 19.1. The Morgan fingerprint density at radius 2 is 2.00 bits per heavy atom. The fourth-order valence-corrected chi connectivity index (χ4v) is 4.12. The minimum absolute atomic E-state index is 0.0226. The zero-order chi connectivity index (χ0) is 17.4. The number of likely N-dealkylation sites (tertiary alicyclic amines) is 1. The Kier molecular flexibility index (Phi) is 4.25. The van der Waals surface area contributed by atoms with Gasteiger partial charge in [-0.1, -0.05) is 18.2 Å². The van der Waals surface area contributed by atoms with Crippen LogP contribution in [0.2, 0.25) is 0 Å². The first kappa shape index (κ1) is 16.2. The van der Waals surface area contributed by atoms with Crippen molar-refractivity contribution in [3.8, 4) is 0 Å². The Morgan fingerprint density at radius 3 is 2.72 bits per heavy atom. The number of nitrogens with one attached hydrogen (secondary N) is 1. The Bertz CT molecular complexity index is 761. The largest absolute Gasteiger partial charge is 0.337 e. The lowest BCUT2D eigenvalue weighted by molar-refractivity contribution is -0.127. The molecule has 1 saturated heterocycles. The van der Waals surface area contributed by atoms with Crippen molar-refractivity contribution in [2.45, 2.75) is 43.3 Å². The van der Waals surface area contributed by atoms with Gasteiger partial charge in [0.2, 0.25) is 5.91 Å². The summed E-state index contributed by atoms with van der Waals surface area (Å²) in [5, 5.41) is 3.66. The van der Waals surface area contributed by atoms with Crippen molar-refractivity contribution in [2.24, 2.45) is 0 Å². The van der Waals surface area contributed by atoms with Gasteiger partial charge in [0, 0.05) is 37.9 Å². The summed E-state index contributed by atoms with van der Waals surface area (Å²) in [6.45, 7) is 0. The fraction of sp³-hybridized carbons (Fsp3) is 0.400. The summed E-state index contributed by atoms with van der Waals surface area (Å²) < 4.78 is 13.4. The molecule has 1 aromatic heterocycles.